The van der Waals surface area contributed by atoms with Crippen molar-refractivity contribution in [1.29, 1.82) is 0 Å². The van der Waals surface area contributed by atoms with Gasteiger partial charge in [0.2, 0.25) is 5.91 Å². The van der Waals surface area contributed by atoms with Gasteiger partial charge < -0.3 is 10.2 Å². The van der Waals surface area contributed by atoms with E-state index in [1.165, 1.54) is 11.9 Å². The molecule has 0 aliphatic carbocycles. The minimum Gasteiger partial charge on any atom is -0.332 e. The molecule has 3 aromatic rings. The molecule has 2 aromatic carbocycles. The summed E-state index contributed by atoms with van der Waals surface area (Å²) in [6, 6.07) is 14.6. The number of carbonyl (C=O) groups excluding carboxylic acids is 2. The van der Waals surface area contributed by atoms with Crippen LogP contribution in [0.3, 0.4) is 0 Å². The molecule has 6 nitrogen and oxygen atoms in total. The van der Waals surface area contributed by atoms with Gasteiger partial charge in [0, 0.05) is 7.05 Å². The number of nitrogens with one attached hydrogen (secondary N) is 1. The van der Waals surface area contributed by atoms with Crippen LogP contribution in [0, 0.1) is 6.92 Å². The molecule has 1 heterocycles. The molecule has 9 heteroatoms. The van der Waals surface area contributed by atoms with Gasteiger partial charge in [0.05, 0.1) is 40.1 Å². The van der Waals surface area contributed by atoms with Crippen molar-refractivity contribution in [3.05, 3.63) is 80.6 Å². The Morgan fingerprint density at radius 1 is 1.03 bits per heavy atom. The molecule has 0 atom stereocenters. The maximum atomic E-state index is 12.9. The van der Waals surface area contributed by atoms with Gasteiger partial charge in [-0.3, -0.25) is 9.59 Å². The number of aryl methyl sites for hydroxylation is 1. The van der Waals surface area contributed by atoms with Gasteiger partial charge in [-0.1, -0.05) is 71.2 Å². The highest BCUT2D eigenvalue weighted by molar-refractivity contribution is 6.39. The van der Waals surface area contributed by atoms with Gasteiger partial charge in [0.25, 0.3) is 5.91 Å². The molecule has 3 rings (SSSR count). The lowest BCUT2D eigenvalue weighted by Gasteiger charge is -2.17. The van der Waals surface area contributed by atoms with Crippen LogP contribution in [0.4, 0.5) is 5.69 Å². The summed E-state index contributed by atoms with van der Waals surface area (Å²) in [5, 5.41) is 7.86. The first-order chi connectivity index (χ1) is 14.3. The zero-order valence-electron chi connectivity index (χ0n) is 16.3. The molecular formula is C21H19Cl3N4O2. The van der Waals surface area contributed by atoms with E-state index in [1.54, 1.807) is 29.8 Å². The number of hydrogen-bond donors (Lipinski definition) is 1. The van der Waals surface area contributed by atoms with Crippen molar-refractivity contribution in [2.75, 3.05) is 18.9 Å². The molecule has 0 aliphatic heterocycles. The molecule has 30 heavy (non-hydrogen) atoms. The first-order valence-corrected chi connectivity index (χ1v) is 10.2. The highest BCUT2D eigenvalue weighted by Crippen LogP contribution is 2.29. The SMILES string of the molecule is Cc1nn(Cc2ccccc2)c(Cl)c1C(=O)N(C)CC(=O)Nc1c(Cl)cccc1Cl. The summed E-state index contributed by atoms with van der Waals surface area (Å²) in [4.78, 5) is 26.6. The molecule has 0 radical (unpaired) electrons. The zero-order valence-corrected chi connectivity index (χ0v) is 18.6. The van der Waals surface area contributed by atoms with Crippen LogP contribution >= 0.6 is 34.8 Å². The predicted octanol–water partition coefficient (Wildman–Crippen LogP) is 4.91. The lowest BCUT2D eigenvalue weighted by atomic mass is 10.2. The average Bonchev–Trinajstić information content (AvgIpc) is 2.98. The number of likely N-dealkylation sites (N-methyl/N-ethyl adjacent to an activating group) is 1. The summed E-state index contributed by atoms with van der Waals surface area (Å²) >= 11 is 18.6. The van der Waals surface area contributed by atoms with Crippen LogP contribution in [0.25, 0.3) is 0 Å². The Hall–Kier alpha value is -2.54. The van der Waals surface area contributed by atoms with E-state index < -0.39 is 11.8 Å². The molecule has 0 unspecified atom stereocenters. The van der Waals surface area contributed by atoms with E-state index in [0.717, 1.165) is 5.56 Å². The highest BCUT2D eigenvalue weighted by atomic mass is 35.5. The summed E-state index contributed by atoms with van der Waals surface area (Å²) in [5.41, 5.74) is 2.06. The maximum Gasteiger partial charge on any atom is 0.259 e. The number of para-hydroxylation sites is 1. The van der Waals surface area contributed by atoms with E-state index >= 15 is 0 Å². The Labute approximate surface area is 189 Å². The minimum absolute atomic E-state index is 0.208. The Kier molecular flexibility index (Phi) is 7.02. The molecule has 1 N–H and O–H groups in total. The van der Waals surface area contributed by atoms with E-state index in [9.17, 15) is 9.59 Å². The number of carbonyl (C=O) groups is 2. The number of amides is 2. The second-order valence-corrected chi connectivity index (χ2v) is 7.87. The molecule has 0 saturated carbocycles. The standard InChI is InChI=1S/C21H19Cl3N4O2/c1-13-18(20(24)28(26-13)11-14-7-4-3-5-8-14)21(30)27(2)12-17(29)25-19-15(22)9-6-10-16(19)23/h3-10H,11-12H2,1-2H3,(H,25,29). The third-order valence-corrected chi connectivity index (χ3v) is 5.42. The maximum absolute atomic E-state index is 12.9. The van der Waals surface area contributed by atoms with Crippen LogP contribution in [0.5, 0.6) is 0 Å². The van der Waals surface area contributed by atoms with Crippen molar-refractivity contribution in [2.45, 2.75) is 13.5 Å². The van der Waals surface area contributed by atoms with Gasteiger partial charge in [-0.05, 0) is 24.6 Å². The molecule has 0 spiro atoms. The fraction of sp³-hybridized carbons (Fsp3) is 0.190. The van der Waals surface area contributed by atoms with Crippen molar-refractivity contribution in [2.24, 2.45) is 0 Å². The first-order valence-electron chi connectivity index (χ1n) is 9.04. The molecule has 0 bridgehead atoms. The van der Waals surface area contributed by atoms with Gasteiger partial charge in [-0.2, -0.15) is 5.10 Å². The second kappa shape index (κ2) is 9.51. The summed E-state index contributed by atoms with van der Waals surface area (Å²) in [7, 11) is 1.51. The molecule has 2 amide bonds. The Bertz CT molecular complexity index is 1060. The van der Waals surface area contributed by atoms with Crippen molar-refractivity contribution >= 4 is 52.3 Å². The summed E-state index contributed by atoms with van der Waals surface area (Å²) in [5.74, 6) is -0.844. The first kappa shape index (κ1) is 22.2. The van der Waals surface area contributed by atoms with Gasteiger partial charge in [0.15, 0.2) is 0 Å². The van der Waals surface area contributed by atoms with Gasteiger partial charge in [-0.25, -0.2) is 4.68 Å². The fourth-order valence-electron chi connectivity index (χ4n) is 2.93. The monoisotopic (exact) mass is 464 g/mol. The topological polar surface area (TPSA) is 67.2 Å². The van der Waals surface area contributed by atoms with Crippen LogP contribution in [0.2, 0.25) is 15.2 Å². The third-order valence-electron chi connectivity index (χ3n) is 4.41. The molecule has 0 aliphatic rings. The molecular weight excluding hydrogens is 447 g/mol. The quantitative estimate of drug-likeness (QED) is 0.562. The van der Waals surface area contributed by atoms with Crippen molar-refractivity contribution in [3.8, 4) is 0 Å². The van der Waals surface area contributed by atoms with Gasteiger partial charge >= 0.3 is 0 Å². The Morgan fingerprint density at radius 2 is 1.67 bits per heavy atom. The van der Waals surface area contributed by atoms with Gasteiger partial charge in [-0.15, -0.1) is 0 Å². The second-order valence-electron chi connectivity index (χ2n) is 6.70. The van der Waals surface area contributed by atoms with Crippen LogP contribution in [-0.4, -0.2) is 40.1 Å². The molecule has 0 saturated heterocycles. The van der Waals surface area contributed by atoms with E-state index in [-0.39, 0.29) is 17.3 Å². The predicted molar refractivity (Wildman–Crippen MR) is 120 cm³/mol. The van der Waals surface area contributed by atoms with Crippen LogP contribution in [0.1, 0.15) is 21.6 Å². The number of halogens is 3. The van der Waals surface area contributed by atoms with Gasteiger partial charge in [0.1, 0.15) is 5.15 Å². The van der Waals surface area contributed by atoms with Crippen molar-refractivity contribution in [1.82, 2.24) is 14.7 Å². The smallest absolute Gasteiger partial charge is 0.259 e. The number of anilines is 1. The number of benzene rings is 2. The number of nitrogens with zero attached hydrogens (tertiary/aromatic N) is 3. The summed E-state index contributed by atoms with van der Waals surface area (Å²) < 4.78 is 1.57. The molecule has 0 fully saturated rings. The van der Waals surface area contributed by atoms with Crippen molar-refractivity contribution in [3.63, 3.8) is 0 Å². The Balaban J connectivity index is 1.72. The van der Waals surface area contributed by atoms with E-state index in [2.05, 4.69) is 10.4 Å². The Morgan fingerprint density at radius 3 is 2.30 bits per heavy atom. The molecule has 1 aromatic heterocycles. The lowest BCUT2D eigenvalue weighted by molar-refractivity contribution is -0.116. The number of rotatable bonds is 6. The summed E-state index contributed by atoms with van der Waals surface area (Å²) in [6.45, 7) is 1.93. The van der Waals surface area contributed by atoms with Crippen molar-refractivity contribution < 1.29 is 9.59 Å². The molecule has 156 valence electrons. The average molecular weight is 466 g/mol. The summed E-state index contributed by atoms with van der Waals surface area (Å²) in [6.07, 6.45) is 0. The van der Waals surface area contributed by atoms with E-state index in [4.69, 9.17) is 34.8 Å². The largest absolute Gasteiger partial charge is 0.332 e. The van der Waals surface area contributed by atoms with E-state index in [0.29, 0.717) is 28.0 Å². The highest BCUT2D eigenvalue weighted by Gasteiger charge is 2.24. The zero-order chi connectivity index (χ0) is 21.8. The van der Waals surface area contributed by atoms with Crippen LogP contribution < -0.4 is 5.32 Å². The third kappa shape index (κ3) is 4.95. The number of hydrogen-bond acceptors (Lipinski definition) is 3. The lowest BCUT2D eigenvalue weighted by Crippen LogP contribution is -2.35. The van der Waals surface area contributed by atoms with Crippen LogP contribution in [0.15, 0.2) is 48.5 Å². The fourth-order valence-corrected chi connectivity index (χ4v) is 3.74. The number of aromatic nitrogens is 2. The van der Waals surface area contributed by atoms with E-state index in [1.807, 2.05) is 30.3 Å². The minimum atomic E-state index is -0.439. The van der Waals surface area contributed by atoms with Crippen LogP contribution in [-0.2, 0) is 11.3 Å². The normalized spacial score (nSPS) is 10.7.